The summed E-state index contributed by atoms with van der Waals surface area (Å²) >= 11 is 0. The molecule has 67 heavy (non-hydrogen) atoms. The Labute approximate surface area is 389 Å². The molecule has 1 amide bonds. The molecule has 0 aliphatic carbocycles. The number of ether oxygens (including phenoxy) is 4. The lowest BCUT2D eigenvalue weighted by Crippen LogP contribution is -2.45. The summed E-state index contributed by atoms with van der Waals surface area (Å²) in [6, 6.07) is 8.42. The van der Waals surface area contributed by atoms with Crippen molar-refractivity contribution in [1.82, 2.24) is 20.0 Å². The van der Waals surface area contributed by atoms with E-state index in [0.29, 0.717) is 43.6 Å². The Balaban J connectivity index is 0.000000209. The molecule has 6 aliphatic rings. The fraction of sp³-hybridized carbons (Fsp3) is 0.694. The molecule has 18 heteroatoms. The average Bonchev–Trinajstić information content (AvgIpc) is 4.02. The highest BCUT2D eigenvalue weighted by Gasteiger charge is 2.48. The minimum absolute atomic E-state index is 0.150. The molecule has 0 aromatic heterocycles. The van der Waals surface area contributed by atoms with E-state index in [0.717, 1.165) is 38.3 Å². The Bertz CT molecular complexity index is 2080. The Morgan fingerprint density at radius 3 is 1.43 bits per heavy atom. The number of hydrogen-bond donors (Lipinski definition) is 2. The van der Waals surface area contributed by atoms with Crippen LogP contribution in [0.25, 0.3) is 0 Å². The third-order valence-corrected chi connectivity index (χ3v) is 14.3. The number of hydrogen-bond acceptors (Lipinski definition) is 10. The second kappa shape index (κ2) is 19.4. The van der Waals surface area contributed by atoms with Gasteiger partial charge >= 0.3 is 30.4 Å². The van der Waals surface area contributed by atoms with Gasteiger partial charge in [-0.1, -0.05) is 24.3 Å². The molecule has 0 bridgehead atoms. The van der Waals surface area contributed by atoms with Gasteiger partial charge in [-0.15, -0.1) is 0 Å². The van der Waals surface area contributed by atoms with E-state index in [1.807, 2.05) is 25.7 Å². The van der Waals surface area contributed by atoms with Crippen molar-refractivity contribution in [3.63, 3.8) is 0 Å². The number of nitrogens with zero attached hydrogens (tertiary/aromatic N) is 3. The average molecular weight is 953 g/mol. The topological polar surface area (TPSA) is 130 Å². The predicted octanol–water partition coefficient (Wildman–Crippen LogP) is 7.88. The normalized spacial score (nSPS) is 25.5. The van der Waals surface area contributed by atoms with Crippen molar-refractivity contribution in [3.8, 4) is 0 Å². The molecular formula is C49H66F6N4O8. The lowest BCUT2D eigenvalue weighted by atomic mass is 9.73. The zero-order chi connectivity index (χ0) is 48.7. The van der Waals surface area contributed by atoms with Gasteiger partial charge in [0, 0.05) is 78.8 Å². The van der Waals surface area contributed by atoms with Crippen LogP contribution in [0.15, 0.2) is 36.4 Å². The fourth-order valence-corrected chi connectivity index (χ4v) is 10.9. The highest BCUT2D eigenvalue weighted by atomic mass is 19.4. The smallest absolute Gasteiger partial charge is 0.416 e. The number of amides is 1. The molecule has 0 spiro atoms. The first-order valence-corrected chi connectivity index (χ1v) is 23.4. The van der Waals surface area contributed by atoms with Crippen molar-refractivity contribution in [2.24, 2.45) is 23.7 Å². The van der Waals surface area contributed by atoms with Crippen LogP contribution in [0.3, 0.4) is 0 Å². The molecule has 4 atom stereocenters. The molecule has 2 aromatic rings. The third kappa shape index (κ3) is 11.7. The van der Waals surface area contributed by atoms with Crippen LogP contribution in [0.4, 0.5) is 31.1 Å². The van der Waals surface area contributed by atoms with Gasteiger partial charge in [0.2, 0.25) is 0 Å². The van der Waals surface area contributed by atoms with Crippen molar-refractivity contribution >= 4 is 18.0 Å². The lowest BCUT2D eigenvalue weighted by Gasteiger charge is -2.38. The maximum Gasteiger partial charge on any atom is 0.416 e. The molecule has 12 nitrogen and oxygen atoms in total. The minimum Gasteiger partial charge on any atom is -0.481 e. The van der Waals surface area contributed by atoms with E-state index in [2.05, 4.69) is 10.2 Å². The van der Waals surface area contributed by atoms with Gasteiger partial charge in [0.15, 0.2) is 0 Å². The summed E-state index contributed by atoms with van der Waals surface area (Å²) < 4.78 is 106. The SMILES string of the molecule is CC(C)(C)OC(=O)N1CC2CN(Cc3ccc(C4(C(=O)OC(C)(C)C)CCOCC4)cc3C(F)(F)F)CC2C1.O=C(O)C1(c2ccc(CN3CC4CNCC4C3)c(C(F)(F)F)c2)CCOCC1. The molecule has 2 aromatic carbocycles. The molecule has 0 saturated carbocycles. The van der Waals surface area contributed by atoms with E-state index < -0.39 is 57.5 Å². The van der Waals surface area contributed by atoms with E-state index in [1.54, 1.807) is 37.8 Å². The number of carbonyl (C=O) groups is 3. The van der Waals surface area contributed by atoms with Crippen molar-refractivity contribution in [3.05, 3.63) is 69.8 Å². The van der Waals surface area contributed by atoms with E-state index in [4.69, 9.17) is 18.9 Å². The molecule has 6 heterocycles. The third-order valence-electron chi connectivity index (χ3n) is 14.3. The number of rotatable bonds is 8. The number of benzene rings is 2. The maximum absolute atomic E-state index is 14.4. The molecular weight excluding hydrogens is 887 g/mol. The monoisotopic (exact) mass is 952 g/mol. The minimum atomic E-state index is -4.57. The molecule has 8 rings (SSSR count). The maximum atomic E-state index is 14.4. The Kier molecular flexibility index (Phi) is 14.8. The first kappa shape index (κ1) is 50.9. The summed E-state index contributed by atoms with van der Waals surface area (Å²) in [6.45, 7) is 17.9. The Hall–Kier alpha value is -3.97. The second-order valence-electron chi connectivity index (χ2n) is 21.4. The van der Waals surface area contributed by atoms with Gasteiger partial charge in [0.25, 0.3) is 0 Å². The molecule has 6 fully saturated rings. The summed E-state index contributed by atoms with van der Waals surface area (Å²) in [6.07, 6.45) is -8.54. The van der Waals surface area contributed by atoms with E-state index in [1.165, 1.54) is 12.1 Å². The van der Waals surface area contributed by atoms with Gasteiger partial charge in [0.1, 0.15) is 11.2 Å². The van der Waals surface area contributed by atoms with Crippen molar-refractivity contribution in [2.45, 2.75) is 115 Å². The number of likely N-dealkylation sites (tertiary alicyclic amines) is 3. The summed E-state index contributed by atoms with van der Waals surface area (Å²) in [4.78, 5) is 43.6. The highest BCUT2D eigenvalue weighted by Crippen LogP contribution is 2.44. The van der Waals surface area contributed by atoms with Crippen LogP contribution >= 0.6 is 0 Å². The zero-order valence-electron chi connectivity index (χ0n) is 39.4. The number of carbonyl (C=O) groups excluding carboxylic acids is 2. The molecule has 6 saturated heterocycles. The number of aliphatic carboxylic acids is 1. The van der Waals surface area contributed by atoms with E-state index in [-0.39, 0.29) is 99.8 Å². The first-order valence-electron chi connectivity index (χ1n) is 23.4. The quantitative estimate of drug-likeness (QED) is 0.198. The van der Waals surface area contributed by atoms with Gasteiger partial charge in [-0.25, -0.2) is 4.79 Å². The lowest BCUT2D eigenvalue weighted by molar-refractivity contribution is -0.166. The molecule has 6 aliphatic heterocycles. The van der Waals surface area contributed by atoms with Gasteiger partial charge in [-0.3, -0.25) is 19.4 Å². The highest BCUT2D eigenvalue weighted by molar-refractivity contribution is 5.84. The van der Waals surface area contributed by atoms with E-state index >= 15 is 0 Å². The van der Waals surface area contributed by atoms with Gasteiger partial charge in [-0.2, -0.15) is 26.3 Å². The van der Waals surface area contributed by atoms with Crippen LogP contribution < -0.4 is 5.32 Å². The fourth-order valence-electron chi connectivity index (χ4n) is 10.9. The van der Waals surface area contributed by atoms with Crippen molar-refractivity contribution < 1.29 is 64.8 Å². The summed E-state index contributed by atoms with van der Waals surface area (Å²) in [5.74, 6) is -0.192. The van der Waals surface area contributed by atoms with Crippen LogP contribution in [0.2, 0.25) is 0 Å². The molecule has 4 unspecified atom stereocenters. The molecule has 0 radical (unpaired) electrons. The number of carboxylic acid groups (broad SMARTS) is 1. The summed E-state index contributed by atoms with van der Waals surface area (Å²) in [5, 5.41) is 13.1. The van der Waals surface area contributed by atoms with Crippen LogP contribution in [-0.4, -0.2) is 128 Å². The number of halogens is 6. The molecule has 2 N–H and O–H groups in total. The standard InChI is InChI=1S/C29H41F3N2O5.C20H25F3N2O3/c1-26(2,3)38-24(35)28(9-11-37-12-10-28)22-8-7-19(23(13-22)29(30,31)32)14-33-15-20-17-34(18-21(20)16-33)25(36)39-27(4,5)6;21-20(22,23)17-7-16(19(18(26)27)3-5-28-6-4-19)2-1-13(17)10-25-11-14-8-24-9-15(14)12-25/h7-8,13,20-21H,9-12,14-18H2,1-6H3;1-2,7,14-15,24H,3-6,8-12H2,(H,26,27). The second-order valence-corrected chi connectivity index (χ2v) is 21.4. The van der Waals surface area contributed by atoms with Crippen molar-refractivity contribution in [1.29, 1.82) is 0 Å². The largest absolute Gasteiger partial charge is 0.481 e. The van der Waals surface area contributed by atoms with Gasteiger partial charge in [0.05, 0.1) is 22.0 Å². The van der Waals surface area contributed by atoms with Crippen molar-refractivity contribution in [2.75, 3.05) is 78.8 Å². The number of alkyl halides is 6. The first-order chi connectivity index (χ1) is 31.3. The summed E-state index contributed by atoms with van der Waals surface area (Å²) in [5.41, 5.74) is -4.32. The van der Waals surface area contributed by atoms with Gasteiger partial charge < -0.3 is 34.3 Å². The predicted molar refractivity (Wildman–Crippen MR) is 235 cm³/mol. The number of carboxylic acids is 1. The van der Waals surface area contributed by atoms with Crippen LogP contribution in [0, 0.1) is 23.7 Å². The number of nitrogens with one attached hydrogen (secondary N) is 1. The number of fused-ring (bicyclic) bond motifs is 2. The number of esters is 1. The van der Waals surface area contributed by atoms with Crippen LogP contribution in [0.1, 0.15) is 101 Å². The van der Waals surface area contributed by atoms with Crippen LogP contribution in [-0.2, 0) is 64.8 Å². The Morgan fingerprint density at radius 1 is 0.627 bits per heavy atom. The Morgan fingerprint density at radius 2 is 1.03 bits per heavy atom. The van der Waals surface area contributed by atoms with E-state index in [9.17, 15) is 45.8 Å². The molecule has 372 valence electrons. The summed E-state index contributed by atoms with van der Waals surface area (Å²) in [7, 11) is 0. The zero-order valence-corrected chi connectivity index (χ0v) is 39.4. The van der Waals surface area contributed by atoms with Crippen LogP contribution in [0.5, 0.6) is 0 Å². The van der Waals surface area contributed by atoms with Gasteiger partial charge in [-0.05, 0) is 138 Å².